The molecule has 138 valence electrons. The molecule has 0 aliphatic carbocycles. The maximum absolute atomic E-state index is 12.9. The maximum Gasteiger partial charge on any atom is 0.272 e. The second kappa shape index (κ2) is 7.74. The molecule has 2 heterocycles. The van der Waals surface area contributed by atoms with Crippen molar-refractivity contribution in [3.63, 3.8) is 0 Å². The van der Waals surface area contributed by atoms with Crippen LogP contribution in [0, 0.1) is 6.92 Å². The summed E-state index contributed by atoms with van der Waals surface area (Å²) in [5.74, 6) is -0.247. The minimum Gasteiger partial charge on any atom is -0.267 e. The van der Waals surface area contributed by atoms with Crippen LogP contribution in [0.1, 0.15) is 27.0 Å². The second-order valence-corrected chi connectivity index (χ2v) is 7.77. The molecule has 1 amide bonds. The molecule has 0 aliphatic heterocycles. The quantitative estimate of drug-likeness (QED) is 0.376. The number of carbonyl (C=O) groups excluding carboxylic acids is 1. The van der Waals surface area contributed by atoms with Gasteiger partial charge >= 0.3 is 0 Å². The summed E-state index contributed by atoms with van der Waals surface area (Å²) in [6, 6.07) is 23.4. The Bertz CT molecular complexity index is 1180. The molecule has 1 N–H and O–H groups in total. The molecule has 4 aromatic rings. The minimum atomic E-state index is -0.247. The number of benzene rings is 2. The van der Waals surface area contributed by atoms with Gasteiger partial charge in [-0.1, -0.05) is 48.5 Å². The molecule has 0 fully saturated rings. The maximum atomic E-state index is 12.9. The van der Waals surface area contributed by atoms with Crippen LogP contribution < -0.4 is 5.43 Å². The molecule has 4 nitrogen and oxygen atoms in total. The van der Waals surface area contributed by atoms with Crippen molar-refractivity contribution in [1.29, 1.82) is 0 Å². The Kier molecular flexibility index (Phi) is 5.00. The third kappa shape index (κ3) is 3.70. The number of carbonyl (C=O) groups is 1. The van der Waals surface area contributed by atoms with Crippen LogP contribution >= 0.6 is 11.3 Å². The van der Waals surface area contributed by atoms with Crippen molar-refractivity contribution in [2.24, 2.45) is 5.10 Å². The van der Waals surface area contributed by atoms with Crippen LogP contribution in [0.25, 0.3) is 22.2 Å². The van der Waals surface area contributed by atoms with Crippen LogP contribution in [0.2, 0.25) is 0 Å². The fourth-order valence-corrected chi connectivity index (χ4v) is 3.81. The fraction of sp³-hybridized carbons (Fsp3) is 0.0870. The third-order valence-electron chi connectivity index (χ3n) is 4.45. The number of nitrogens with one attached hydrogen (secondary N) is 1. The summed E-state index contributed by atoms with van der Waals surface area (Å²) in [7, 11) is 0. The fourth-order valence-electron chi connectivity index (χ4n) is 3.00. The Morgan fingerprint density at radius 3 is 2.50 bits per heavy atom. The lowest BCUT2D eigenvalue weighted by Gasteiger charge is -2.09. The largest absolute Gasteiger partial charge is 0.272 e. The number of para-hydroxylation sites is 1. The van der Waals surface area contributed by atoms with E-state index < -0.39 is 0 Å². The van der Waals surface area contributed by atoms with Gasteiger partial charge in [0.1, 0.15) is 0 Å². The molecule has 0 atom stereocenters. The molecule has 0 radical (unpaired) electrons. The van der Waals surface area contributed by atoms with E-state index >= 15 is 0 Å². The standard InChI is InChI=1S/C23H19N3OS/c1-15-12-13-22(28-15)16(2)25-26-23(27)19-14-21(17-8-4-3-5-9-17)24-20-11-7-6-10-18(19)20/h3-14H,1-2H3,(H,26,27). The number of pyridine rings is 1. The lowest BCUT2D eigenvalue weighted by molar-refractivity contribution is 0.0956. The summed E-state index contributed by atoms with van der Waals surface area (Å²) < 4.78 is 0. The van der Waals surface area contributed by atoms with E-state index in [0.717, 1.165) is 32.7 Å². The molecular formula is C23H19N3OS. The highest BCUT2D eigenvalue weighted by Gasteiger charge is 2.14. The van der Waals surface area contributed by atoms with Crippen molar-refractivity contribution in [2.45, 2.75) is 13.8 Å². The molecule has 0 unspecified atom stereocenters. The average Bonchev–Trinajstić information content (AvgIpc) is 3.18. The van der Waals surface area contributed by atoms with E-state index in [-0.39, 0.29) is 5.91 Å². The molecule has 0 saturated heterocycles. The van der Waals surface area contributed by atoms with Gasteiger partial charge in [0, 0.05) is 15.8 Å². The van der Waals surface area contributed by atoms with Crippen molar-refractivity contribution in [1.82, 2.24) is 10.4 Å². The van der Waals surface area contributed by atoms with E-state index in [0.29, 0.717) is 5.56 Å². The van der Waals surface area contributed by atoms with Gasteiger partial charge < -0.3 is 0 Å². The third-order valence-corrected chi connectivity index (χ3v) is 5.56. The first-order chi connectivity index (χ1) is 13.6. The Labute approximate surface area is 167 Å². The highest BCUT2D eigenvalue weighted by Crippen LogP contribution is 2.25. The number of fused-ring (bicyclic) bond motifs is 1. The molecule has 0 aliphatic rings. The highest BCUT2D eigenvalue weighted by atomic mass is 32.1. The summed E-state index contributed by atoms with van der Waals surface area (Å²) in [4.78, 5) is 19.9. The predicted molar refractivity (Wildman–Crippen MR) is 116 cm³/mol. The first-order valence-electron chi connectivity index (χ1n) is 8.98. The van der Waals surface area contributed by atoms with Crippen LogP contribution in [0.4, 0.5) is 0 Å². The zero-order chi connectivity index (χ0) is 19.5. The number of amides is 1. The second-order valence-electron chi connectivity index (χ2n) is 6.49. The van der Waals surface area contributed by atoms with Gasteiger partial charge in [-0.2, -0.15) is 5.10 Å². The predicted octanol–water partition coefficient (Wildman–Crippen LogP) is 5.43. The molecule has 28 heavy (non-hydrogen) atoms. The van der Waals surface area contributed by atoms with Crippen LogP contribution in [0.3, 0.4) is 0 Å². The number of aryl methyl sites for hydroxylation is 1. The summed E-state index contributed by atoms with van der Waals surface area (Å²) in [5, 5.41) is 5.11. The number of nitrogens with zero attached hydrogens (tertiary/aromatic N) is 2. The van der Waals surface area contributed by atoms with Gasteiger partial charge in [0.15, 0.2) is 0 Å². The van der Waals surface area contributed by atoms with Crippen molar-refractivity contribution in [3.05, 3.63) is 88.1 Å². The topological polar surface area (TPSA) is 54.4 Å². The van der Waals surface area contributed by atoms with Crippen molar-refractivity contribution in [3.8, 4) is 11.3 Å². The van der Waals surface area contributed by atoms with Crippen molar-refractivity contribution < 1.29 is 4.79 Å². The van der Waals surface area contributed by atoms with E-state index in [1.54, 1.807) is 11.3 Å². The Morgan fingerprint density at radius 1 is 1.00 bits per heavy atom. The molecule has 2 aromatic heterocycles. The average molecular weight is 385 g/mol. The molecular weight excluding hydrogens is 366 g/mol. The van der Waals surface area contributed by atoms with E-state index in [4.69, 9.17) is 4.98 Å². The van der Waals surface area contributed by atoms with Gasteiger partial charge in [0.2, 0.25) is 0 Å². The molecule has 0 spiro atoms. The SMILES string of the molecule is CC(=NNC(=O)c1cc(-c2ccccc2)nc2ccccc12)c1ccc(C)s1. The number of hydrogen-bond acceptors (Lipinski definition) is 4. The minimum absolute atomic E-state index is 0.247. The lowest BCUT2D eigenvalue weighted by atomic mass is 10.0. The Hall–Kier alpha value is -3.31. The first-order valence-corrected chi connectivity index (χ1v) is 9.80. The van der Waals surface area contributed by atoms with Crippen LogP contribution in [0.15, 0.2) is 77.9 Å². The van der Waals surface area contributed by atoms with E-state index in [1.165, 1.54) is 4.88 Å². The van der Waals surface area contributed by atoms with Crippen LogP contribution in [-0.4, -0.2) is 16.6 Å². The molecule has 5 heteroatoms. The monoisotopic (exact) mass is 385 g/mol. The summed E-state index contributed by atoms with van der Waals surface area (Å²) in [6.07, 6.45) is 0. The van der Waals surface area contributed by atoms with Crippen LogP contribution in [-0.2, 0) is 0 Å². The van der Waals surface area contributed by atoms with Gasteiger partial charge in [-0.05, 0) is 38.1 Å². The number of rotatable bonds is 4. The Balaban J connectivity index is 1.71. The van der Waals surface area contributed by atoms with Crippen molar-refractivity contribution >= 4 is 33.9 Å². The van der Waals surface area contributed by atoms with Gasteiger partial charge in [-0.3, -0.25) is 4.79 Å². The van der Waals surface area contributed by atoms with Gasteiger partial charge in [-0.25, -0.2) is 10.4 Å². The van der Waals surface area contributed by atoms with E-state index in [2.05, 4.69) is 10.5 Å². The first kappa shape index (κ1) is 18.1. The van der Waals surface area contributed by atoms with Gasteiger partial charge in [0.25, 0.3) is 5.91 Å². The molecule has 0 bridgehead atoms. The summed E-state index contributed by atoms with van der Waals surface area (Å²) >= 11 is 1.65. The number of hydrazone groups is 1. The van der Waals surface area contributed by atoms with Gasteiger partial charge in [-0.15, -0.1) is 11.3 Å². The van der Waals surface area contributed by atoms with Gasteiger partial charge in [0.05, 0.1) is 27.4 Å². The number of thiophene rings is 1. The lowest BCUT2D eigenvalue weighted by Crippen LogP contribution is -2.19. The molecule has 4 rings (SSSR count). The van der Waals surface area contributed by atoms with E-state index in [9.17, 15) is 4.79 Å². The number of hydrogen-bond donors (Lipinski definition) is 1. The zero-order valence-corrected chi connectivity index (χ0v) is 16.5. The molecule has 0 saturated carbocycles. The van der Waals surface area contributed by atoms with Crippen LogP contribution in [0.5, 0.6) is 0 Å². The van der Waals surface area contributed by atoms with E-state index in [1.807, 2.05) is 86.6 Å². The normalized spacial score (nSPS) is 11.6. The summed E-state index contributed by atoms with van der Waals surface area (Å²) in [5.41, 5.74) is 6.56. The zero-order valence-electron chi connectivity index (χ0n) is 15.6. The Morgan fingerprint density at radius 2 is 1.75 bits per heavy atom. The van der Waals surface area contributed by atoms with Crippen molar-refractivity contribution in [2.75, 3.05) is 0 Å². The highest BCUT2D eigenvalue weighted by molar-refractivity contribution is 7.14. The smallest absolute Gasteiger partial charge is 0.267 e. The number of aromatic nitrogens is 1. The molecule has 2 aromatic carbocycles. The summed E-state index contributed by atoms with van der Waals surface area (Å²) in [6.45, 7) is 3.94.